The molecule has 1 atom stereocenters. The number of anilines is 1. The molecule has 2 aromatic rings. The maximum absolute atomic E-state index is 12.0. The number of carbonyl (C=O) groups excluding carboxylic acids is 2. The Morgan fingerprint density at radius 1 is 1.24 bits per heavy atom. The summed E-state index contributed by atoms with van der Waals surface area (Å²) in [5.74, 6) is -0.860. The minimum Gasteiger partial charge on any atom is -0.480 e. The molecular weight excluding hydrogens is 344 g/mol. The van der Waals surface area contributed by atoms with Crippen LogP contribution in [0.3, 0.4) is 0 Å². The van der Waals surface area contributed by atoms with Crippen molar-refractivity contribution in [3.8, 4) is 11.8 Å². The molecule has 0 fully saturated rings. The fourth-order valence-electron chi connectivity index (χ4n) is 1.89. The van der Waals surface area contributed by atoms with E-state index < -0.39 is 18.0 Å². The molecule has 25 heavy (non-hydrogen) atoms. The Morgan fingerprint density at radius 2 is 2.00 bits per heavy atom. The van der Waals surface area contributed by atoms with Crippen LogP contribution in [0.5, 0.6) is 5.75 Å². The Hall–Kier alpha value is -3.04. The van der Waals surface area contributed by atoms with E-state index in [2.05, 4.69) is 5.32 Å². The van der Waals surface area contributed by atoms with Crippen LogP contribution in [0.25, 0.3) is 0 Å². The van der Waals surface area contributed by atoms with Gasteiger partial charge in [-0.3, -0.25) is 4.79 Å². The molecule has 128 valence electrons. The van der Waals surface area contributed by atoms with Gasteiger partial charge in [-0.2, -0.15) is 5.26 Å². The average molecular weight is 359 g/mol. The van der Waals surface area contributed by atoms with Gasteiger partial charge in [-0.15, -0.1) is 0 Å². The Bertz CT molecular complexity index is 817. The van der Waals surface area contributed by atoms with Crippen LogP contribution in [0.1, 0.15) is 12.5 Å². The van der Waals surface area contributed by atoms with Crippen molar-refractivity contribution in [2.24, 2.45) is 0 Å². The lowest BCUT2D eigenvalue weighted by atomic mass is 10.2. The number of carbonyl (C=O) groups is 2. The summed E-state index contributed by atoms with van der Waals surface area (Å²) >= 11 is 5.91. The Labute approximate surface area is 149 Å². The SMILES string of the molecule is CC(OC(=O)COc1ccccc1Cl)C(=O)Nc1cccc(C#N)c1. The molecule has 0 saturated carbocycles. The first-order chi connectivity index (χ1) is 12.0. The van der Waals surface area contributed by atoms with Crippen molar-refractivity contribution in [2.75, 3.05) is 11.9 Å². The van der Waals surface area contributed by atoms with Gasteiger partial charge >= 0.3 is 5.97 Å². The standard InChI is InChI=1S/C18H15ClN2O4/c1-12(18(23)21-14-6-4-5-13(9-14)10-20)25-17(22)11-24-16-8-3-2-7-15(16)19/h2-9,12H,11H2,1H3,(H,21,23). The lowest BCUT2D eigenvalue weighted by molar-refractivity contribution is -0.155. The van der Waals surface area contributed by atoms with Crippen LogP contribution in [-0.2, 0) is 14.3 Å². The number of para-hydroxylation sites is 1. The summed E-state index contributed by atoms with van der Waals surface area (Å²) in [5, 5.41) is 11.8. The predicted molar refractivity (Wildman–Crippen MR) is 92.3 cm³/mol. The highest BCUT2D eigenvalue weighted by Crippen LogP contribution is 2.22. The molecule has 0 aliphatic carbocycles. The molecule has 0 saturated heterocycles. The molecular formula is C18H15ClN2O4. The second-order valence-corrected chi connectivity index (χ2v) is 5.44. The molecule has 2 rings (SSSR count). The van der Waals surface area contributed by atoms with Crippen LogP contribution < -0.4 is 10.1 Å². The number of nitriles is 1. The lowest BCUT2D eigenvalue weighted by Gasteiger charge is -2.14. The molecule has 0 spiro atoms. The molecule has 0 radical (unpaired) electrons. The van der Waals surface area contributed by atoms with E-state index in [4.69, 9.17) is 26.3 Å². The number of ether oxygens (including phenoxy) is 2. The molecule has 0 heterocycles. The van der Waals surface area contributed by atoms with E-state index in [-0.39, 0.29) is 6.61 Å². The number of benzene rings is 2. The summed E-state index contributed by atoms with van der Waals surface area (Å²) in [6.07, 6.45) is -1.02. The fraction of sp³-hybridized carbons (Fsp3) is 0.167. The van der Waals surface area contributed by atoms with Crippen molar-refractivity contribution >= 4 is 29.2 Å². The number of amides is 1. The van der Waals surface area contributed by atoms with Crippen molar-refractivity contribution in [1.82, 2.24) is 0 Å². The highest BCUT2D eigenvalue weighted by Gasteiger charge is 2.18. The van der Waals surface area contributed by atoms with Crippen LogP contribution in [0, 0.1) is 11.3 Å². The minimum atomic E-state index is -1.02. The molecule has 6 nitrogen and oxygen atoms in total. The van der Waals surface area contributed by atoms with Gasteiger partial charge in [-0.25, -0.2) is 4.79 Å². The van der Waals surface area contributed by atoms with Crippen LogP contribution in [-0.4, -0.2) is 24.6 Å². The van der Waals surface area contributed by atoms with Crippen LogP contribution in [0.4, 0.5) is 5.69 Å². The number of nitrogens with one attached hydrogen (secondary N) is 1. The zero-order valence-electron chi connectivity index (χ0n) is 13.4. The van der Waals surface area contributed by atoms with E-state index in [0.717, 1.165) is 0 Å². The zero-order chi connectivity index (χ0) is 18.2. The van der Waals surface area contributed by atoms with Crippen LogP contribution in [0.2, 0.25) is 5.02 Å². The van der Waals surface area contributed by atoms with Crippen LogP contribution >= 0.6 is 11.6 Å². The number of hydrogen-bond donors (Lipinski definition) is 1. The smallest absolute Gasteiger partial charge is 0.344 e. The Balaban J connectivity index is 1.84. The third kappa shape index (κ3) is 5.52. The van der Waals surface area contributed by atoms with Crippen molar-refractivity contribution in [1.29, 1.82) is 5.26 Å². The molecule has 0 aromatic heterocycles. The fourth-order valence-corrected chi connectivity index (χ4v) is 2.08. The highest BCUT2D eigenvalue weighted by molar-refractivity contribution is 6.32. The predicted octanol–water partition coefficient (Wildman–Crippen LogP) is 3.16. The van der Waals surface area contributed by atoms with E-state index in [0.29, 0.717) is 22.0 Å². The van der Waals surface area contributed by atoms with E-state index in [9.17, 15) is 9.59 Å². The largest absolute Gasteiger partial charge is 0.480 e. The number of rotatable bonds is 6. The monoisotopic (exact) mass is 358 g/mol. The topological polar surface area (TPSA) is 88.4 Å². The minimum absolute atomic E-state index is 0.353. The summed E-state index contributed by atoms with van der Waals surface area (Å²) < 4.78 is 10.3. The van der Waals surface area contributed by atoms with Crippen molar-refractivity contribution in [3.63, 3.8) is 0 Å². The van der Waals surface area contributed by atoms with Gasteiger partial charge in [-0.1, -0.05) is 29.8 Å². The average Bonchev–Trinajstić information content (AvgIpc) is 2.61. The van der Waals surface area contributed by atoms with Gasteiger partial charge in [0.2, 0.25) is 0 Å². The van der Waals surface area contributed by atoms with Crippen molar-refractivity contribution in [2.45, 2.75) is 13.0 Å². The second kappa shape index (κ2) is 8.71. The van der Waals surface area contributed by atoms with Gasteiger partial charge in [0, 0.05) is 5.69 Å². The maximum atomic E-state index is 12.0. The summed E-state index contributed by atoms with van der Waals surface area (Å²) in [6, 6.07) is 15.1. The lowest BCUT2D eigenvalue weighted by Crippen LogP contribution is -2.31. The van der Waals surface area contributed by atoms with Crippen molar-refractivity contribution < 1.29 is 19.1 Å². The van der Waals surface area contributed by atoms with Crippen LogP contribution in [0.15, 0.2) is 48.5 Å². The summed E-state index contributed by atoms with van der Waals surface area (Å²) in [7, 11) is 0. The highest BCUT2D eigenvalue weighted by atomic mass is 35.5. The van der Waals surface area contributed by atoms with Crippen molar-refractivity contribution in [3.05, 3.63) is 59.1 Å². The quantitative estimate of drug-likeness (QED) is 0.801. The zero-order valence-corrected chi connectivity index (χ0v) is 14.1. The Morgan fingerprint density at radius 3 is 2.72 bits per heavy atom. The second-order valence-electron chi connectivity index (χ2n) is 5.03. The first-order valence-electron chi connectivity index (χ1n) is 7.37. The van der Waals surface area contributed by atoms with Gasteiger partial charge in [-0.05, 0) is 37.3 Å². The van der Waals surface area contributed by atoms with Gasteiger partial charge in [0.05, 0.1) is 16.7 Å². The number of nitrogens with zero attached hydrogens (tertiary/aromatic N) is 1. The van der Waals surface area contributed by atoms with Gasteiger partial charge in [0.25, 0.3) is 5.91 Å². The van der Waals surface area contributed by atoms with E-state index in [1.165, 1.54) is 13.0 Å². The summed E-state index contributed by atoms with van der Waals surface area (Å²) in [6.45, 7) is 1.07. The van der Waals surface area contributed by atoms with E-state index >= 15 is 0 Å². The third-order valence-corrected chi connectivity index (χ3v) is 3.43. The molecule has 0 aliphatic heterocycles. The number of hydrogen-bond acceptors (Lipinski definition) is 5. The molecule has 7 heteroatoms. The molecule has 0 bridgehead atoms. The number of esters is 1. The number of halogens is 1. The first kappa shape index (κ1) is 18.3. The van der Waals surface area contributed by atoms with Gasteiger partial charge < -0.3 is 14.8 Å². The van der Waals surface area contributed by atoms with E-state index in [1.54, 1.807) is 42.5 Å². The van der Waals surface area contributed by atoms with Gasteiger partial charge in [0.15, 0.2) is 12.7 Å². The molecule has 1 N–H and O–H groups in total. The maximum Gasteiger partial charge on any atom is 0.344 e. The van der Waals surface area contributed by atoms with Gasteiger partial charge in [0.1, 0.15) is 5.75 Å². The first-order valence-corrected chi connectivity index (χ1v) is 7.75. The molecule has 0 aliphatic rings. The van der Waals surface area contributed by atoms with E-state index in [1.807, 2.05) is 6.07 Å². The molecule has 1 unspecified atom stereocenters. The molecule has 2 aromatic carbocycles. The third-order valence-electron chi connectivity index (χ3n) is 3.12. The Kier molecular flexibility index (Phi) is 6.38. The normalized spacial score (nSPS) is 11.1. The summed E-state index contributed by atoms with van der Waals surface area (Å²) in [5.41, 5.74) is 0.856. The molecule has 1 amide bonds. The summed E-state index contributed by atoms with van der Waals surface area (Å²) in [4.78, 5) is 23.8.